The number of aromatic nitrogens is 1. The van der Waals surface area contributed by atoms with Crippen LogP contribution in [0.3, 0.4) is 0 Å². The normalized spacial score (nSPS) is 18.7. The standard InChI is InChI=1S/C24H24FN3O3/c1-2-17(14-28-23(29)18-5-3-4-6-19(18)24(28)30)27-11-9-15(10-12-27)22-20-8-7-16(25)13-21(20)31-26-22/h3-8,13,15,17H,2,9-12,14H2,1H3. The number of rotatable bonds is 5. The molecule has 7 heteroatoms. The van der Waals surface area contributed by atoms with E-state index in [1.54, 1.807) is 30.3 Å². The Morgan fingerprint density at radius 3 is 2.42 bits per heavy atom. The Bertz CT molecular complexity index is 1110. The Kier molecular flexibility index (Phi) is 5.06. The van der Waals surface area contributed by atoms with Crippen LogP contribution in [0.5, 0.6) is 0 Å². The maximum Gasteiger partial charge on any atom is 0.261 e. The van der Waals surface area contributed by atoms with Crippen LogP contribution in [0.2, 0.25) is 0 Å². The first-order valence-electron chi connectivity index (χ1n) is 10.8. The van der Waals surface area contributed by atoms with Crippen LogP contribution < -0.4 is 0 Å². The van der Waals surface area contributed by atoms with Crippen LogP contribution in [0.15, 0.2) is 47.0 Å². The average molecular weight is 421 g/mol. The zero-order valence-corrected chi connectivity index (χ0v) is 17.4. The van der Waals surface area contributed by atoms with E-state index in [0.717, 1.165) is 43.4 Å². The lowest BCUT2D eigenvalue weighted by atomic mass is 9.90. The largest absolute Gasteiger partial charge is 0.356 e. The molecule has 5 rings (SSSR count). The lowest BCUT2D eigenvalue weighted by Crippen LogP contribution is -2.48. The molecule has 31 heavy (non-hydrogen) atoms. The Hall–Kier alpha value is -3.06. The van der Waals surface area contributed by atoms with Crippen molar-refractivity contribution in [3.05, 3.63) is 65.1 Å². The van der Waals surface area contributed by atoms with Gasteiger partial charge in [0.1, 0.15) is 5.82 Å². The molecule has 1 atom stereocenters. The minimum atomic E-state index is -0.330. The Morgan fingerprint density at radius 2 is 1.77 bits per heavy atom. The van der Waals surface area contributed by atoms with E-state index in [9.17, 15) is 14.0 Å². The monoisotopic (exact) mass is 421 g/mol. The highest BCUT2D eigenvalue weighted by Crippen LogP contribution is 2.34. The molecule has 0 saturated carbocycles. The third-order valence-corrected chi connectivity index (χ3v) is 6.64. The summed E-state index contributed by atoms with van der Waals surface area (Å²) in [7, 11) is 0. The van der Waals surface area contributed by atoms with Crippen molar-refractivity contribution in [1.29, 1.82) is 0 Å². The summed E-state index contributed by atoms with van der Waals surface area (Å²) in [6.45, 7) is 4.19. The molecule has 2 aliphatic heterocycles. The number of benzene rings is 2. The highest BCUT2D eigenvalue weighted by Gasteiger charge is 2.37. The zero-order chi connectivity index (χ0) is 21.5. The molecule has 0 N–H and O–H groups in total. The fourth-order valence-corrected chi connectivity index (χ4v) is 4.88. The van der Waals surface area contributed by atoms with Crippen LogP contribution in [0.1, 0.15) is 58.5 Å². The number of carbonyl (C=O) groups excluding carboxylic acids is 2. The zero-order valence-electron chi connectivity index (χ0n) is 17.4. The second-order valence-corrected chi connectivity index (χ2v) is 8.35. The van der Waals surface area contributed by atoms with Crippen molar-refractivity contribution in [3.8, 4) is 0 Å². The van der Waals surface area contributed by atoms with Crippen molar-refractivity contribution < 1.29 is 18.5 Å². The molecule has 0 radical (unpaired) electrons. The van der Waals surface area contributed by atoms with Crippen LogP contribution >= 0.6 is 0 Å². The summed E-state index contributed by atoms with van der Waals surface area (Å²) in [5, 5.41) is 5.09. The van der Waals surface area contributed by atoms with E-state index in [2.05, 4.69) is 17.0 Å². The number of piperidine rings is 1. The van der Waals surface area contributed by atoms with Gasteiger partial charge in [0.25, 0.3) is 11.8 Å². The number of hydrogen-bond donors (Lipinski definition) is 0. The predicted molar refractivity (Wildman–Crippen MR) is 113 cm³/mol. The Morgan fingerprint density at radius 1 is 1.10 bits per heavy atom. The quantitative estimate of drug-likeness (QED) is 0.577. The highest BCUT2D eigenvalue weighted by atomic mass is 19.1. The van der Waals surface area contributed by atoms with Gasteiger partial charge in [-0.1, -0.05) is 24.2 Å². The number of amides is 2. The van der Waals surface area contributed by atoms with E-state index in [4.69, 9.17) is 4.52 Å². The lowest BCUT2D eigenvalue weighted by Gasteiger charge is -2.38. The van der Waals surface area contributed by atoms with Gasteiger partial charge in [0.05, 0.1) is 16.8 Å². The van der Waals surface area contributed by atoms with Crippen LogP contribution in [0, 0.1) is 5.82 Å². The molecule has 1 unspecified atom stereocenters. The van der Waals surface area contributed by atoms with Crippen molar-refractivity contribution in [2.75, 3.05) is 19.6 Å². The molecule has 2 amide bonds. The molecule has 1 fully saturated rings. The third kappa shape index (κ3) is 3.43. The van der Waals surface area contributed by atoms with Crippen molar-refractivity contribution >= 4 is 22.8 Å². The maximum atomic E-state index is 13.4. The minimum Gasteiger partial charge on any atom is -0.356 e. The first-order valence-corrected chi connectivity index (χ1v) is 10.8. The molecule has 1 aromatic heterocycles. The van der Waals surface area contributed by atoms with Crippen LogP contribution in [0.4, 0.5) is 4.39 Å². The summed E-state index contributed by atoms with van der Waals surface area (Å²) in [6.07, 6.45) is 2.65. The van der Waals surface area contributed by atoms with E-state index in [1.165, 1.54) is 17.0 Å². The Labute approximate surface area is 179 Å². The topological polar surface area (TPSA) is 66.7 Å². The average Bonchev–Trinajstić information content (AvgIpc) is 3.31. The molecule has 2 aromatic carbocycles. The minimum absolute atomic E-state index is 0.117. The molecule has 3 heterocycles. The van der Waals surface area contributed by atoms with Gasteiger partial charge < -0.3 is 4.52 Å². The van der Waals surface area contributed by atoms with E-state index < -0.39 is 0 Å². The third-order valence-electron chi connectivity index (χ3n) is 6.64. The molecule has 3 aromatic rings. The van der Waals surface area contributed by atoms with Crippen LogP contribution in [-0.4, -0.2) is 52.4 Å². The molecule has 0 bridgehead atoms. The van der Waals surface area contributed by atoms with E-state index in [1.807, 2.05) is 0 Å². The van der Waals surface area contributed by atoms with Gasteiger partial charge in [-0.15, -0.1) is 0 Å². The number of halogens is 1. The van der Waals surface area contributed by atoms with Gasteiger partial charge in [0, 0.05) is 30.0 Å². The molecular weight excluding hydrogens is 397 g/mol. The molecule has 160 valence electrons. The van der Waals surface area contributed by atoms with Crippen molar-refractivity contribution in [2.24, 2.45) is 0 Å². The maximum absolute atomic E-state index is 13.4. The molecule has 6 nitrogen and oxygen atoms in total. The Balaban J connectivity index is 1.26. The second-order valence-electron chi connectivity index (χ2n) is 8.35. The summed E-state index contributed by atoms with van der Waals surface area (Å²) in [4.78, 5) is 29.2. The summed E-state index contributed by atoms with van der Waals surface area (Å²) in [5.74, 6) is -0.478. The number of hydrogen-bond acceptors (Lipinski definition) is 5. The molecule has 2 aliphatic rings. The smallest absolute Gasteiger partial charge is 0.261 e. The van der Waals surface area contributed by atoms with Gasteiger partial charge in [-0.05, 0) is 56.6 Å². The molecule has 0 spiro atoms. The van der Waals surface area contributed by atoms with Crippen molar-refractivity contribution in [2.45, 2.75) is 38.1 Å². The van der Waals surface area contributed by atoms with Crippen molar-refractivity contribution in [1.82, 2.24) is 15.0 Å². The van der Waals surface area contributed by atoms with E-state index in [0.29, 0.717) is 23.3 Å². The van der Waals surface area contributed by atoms with Gasteiger partial charge in [0.2, 0.25) is 0 Å². The van der Waals surface area contributed by atoms with Gasteiger partial charge in [-0.3, -0.25) is 19.4 Å². The number of fused-ring (bicyclic) bond motifs is 2. The first-order chi connectivity index (χ1) is 15.1. The summed E-state index contributed by atoms with van der Waals surface area (Å²) in [6, 6.07) is 11.7. The molecule has 0 aliphatic carbocycles. The SMILES string of the molecule is CCC(CN1C(=O)c2ccccc2C1=O)N1CCC(c2noc3cc(F)ccc23)CC1. The van der Waals surface area contributed by atoms with Gasteiger partial charge in [-0.25, -0.2) is 4.39 Å². The summed E-state index contributed by atoms with van der Waals surface area (Å²) in [5.41, 5.74) is 2.36. The number of carbonyl (C=O) groups is 2. The summed E-state index contributed by atoms with van der Waals surface area (Å²) < 4.78 is 18.8. The van der Waals surface area contributed by atoms with Gasteiger partial charge in [-0.2, -0.15) is 0 Å². The second kappa shape index (κ2) is 7.89. The van der Waals surface area contributed by atoms with Crippen LogP contribution in [-0.2, 0) is 0 Å². The van der Waals surface area contributed by atoms with E-state index in [-0.39, 0.29) is 29.6 Å². The predicted octanol–water partition coefficient (Wildman–Crippen LogP) is 4.22. The molecule has 1 saturated heterocycles. The van der Waals surface area contributed by atoms with Gasteiger partial charge >= 0.3 is 0 Å². The van der Waals surface area contributed by atoms with Gasteiger partial charge in [0.15, 0.2) is 5.58 Å². The fourth-order valence-electron chi connectivity index (χ4n) is 4.88. The summed E-state index contributed by atoms with van der Waals surface area (Å²) >= 11 is 0. The lowest BCUT2D eigenvalue weighted by molar-refractivity contribution is 0.0561. The number of likely N-dealkylation sites (tertiary alicyclic amines) is 1. The van der Waals surface area contributed by atoms with E-state index >= 15 is 0 Å². The van der Waals surface area contributed by atoms with Crippen molar-refractivity contribution in [3.63, 3.8) is 0 Å². The highest BCUT2D eigenvalue weighted by molar-refractivity contribution is 6.21. The number of imide groups is 1. The molecular formula is C24H24FN3O3. The fraction of sp³-hybridized carbons (Fsp3) is 0.375. The first kappa shape index (κ1) is 19.9. The number of nitrogens with zero attached hydrogens (tertiary/aromatic N) is 3. The van der Waals surface area contributed by atoms with Crippen LogP contribution in [0.25, 0.3) is 11.0 Å².